The molecule has 2 N–H and O–H groups in total. The average Bonchev–Trinajstić information content (AvgIpc) is 3.21. The van der Waals surface area contributed by atoms with E-state index in [4.69, 9.17) is 0 Å². The molecule has 2 rings (SSSR count). The van der Waals surface area contributed by atoms with Crippen LogP contribution < -0.4 is 10.6 Å². The van der Waals surface area contributed by atoms with Crippen LogP contribution in [0.4, 0.5) is 5.69 Å². The molecule has 6 heteroatoms. The Morgan fingerprint density at radius 2 is 2.00 bits per heavy atom. The summed E-state index contributed by atoms with van der Waals surface area (Å²) in [6.07, 6.45) is 2.89. The lowest BCUT2D eigenvalue weighted by Gasteiger charge is -2.06. The lowest BCUT2D eigenvalue weighted by atomic mass is 10.2. The van der Waals surface area contributed by atoms with Gasteiger partial charge in [-0.3, -0.25) is 14.9 Å². The Bertz CT molecular complexity index is 455. The average molecular weight is 263 g/mol. The van der Waals surface area contributed by atoms with E-state index >= 15 is 0 Å². The van der Waals surface area contributed by atoms with E-state index in [1.54, 1.807) is 12.1 Å². The molecule has 0 saturated heterocycles. The minimum Gasteiger partial charge on any atom is -0.352 e. The van der Waals surface area contributed by atoms with Gasteiger partial charge in [-0.2, -0.15) is 0 Å². The molecule has 0 aliphatic heterocycles. The zero-order valence-electron chi connectivity index (χ0n) is 10.6. The van der Waals surface area contributed by atoms with Crippen LogP contribution in [0.15, 0.2) is 24.3 Å². The van der Waals surface area contributed by atoms with Crippen LogP contribution >= 0.6 is 0 Å². The van der Waals surface area contributed by atoms with Crippen LogP contribution in [0.1, 0.15) is 24.8 Å². The third kappa shape index (κ3) is 4.67. The number of carbonyl (C=O) groups excluding carboxylic acids is 1. The number of carbonyl (C=O) groups is 1. The van der Waals surface area contributed by atoms with Gasteiger partial charge in [0.1, 0.15) is 0 Å². The SMILES string of the molecule is O=C(CCNC1CC1)NCc1ccc([N+](=O)[O-])cc1. The Kier molecular flexibility index (Phi) is 4.46. The van der Waals surface area contributed by atoms with Crippen molar-refractivity contribution in [1.82, 2.24) is 10.6 Å². The molecule has 1 aliphatic carbocycles. The second-order valence-electron chi connectivity index (χ2n) is 4.68. The Morgan fingerprint density at radius 1 is 1.32 bits per heavy atom. The summed E-state index contributed by atoms with van der Waals surface area (Å²) in [5.41, 5.74) is 0.915. The first-order valence-electron chi connectivity index (χ1n) is 6.38. The van der Waals surface area contributed by atoms with Gasteiger partial charge in [0.25, 0.3) is 5.69 Å². The first-order chi connectivity index (χ1) is 9.15. The Hall–Kier alpha value is -1.95. The van der Waals surface area contributed by atoms with Gasteiger partial charge in [-0.05, 0) is 18.4 Å². The number of nitrogens with zero attached hydrogens (tertiary/aromatic N) is 1. The predicted molar refractivity (Wildman–Crippen MR) is 70.6 cm³/mol. The van der Waals surface area contributed by atoms with Crippen LogP contribution in [-0.2, 0) is 11.3 Å². The van der Waals surface area contributed by atoms with E-state index < -0.39 is 4.92 Å². The molecule has 1 amide bonds. The molecular formula is C13H17N3O3. The summed E-state index contributed by atoms with van der Waals surface area (Å²) in [7, 11) is 0. The van der Waals surface area contributed by atoms with Gasteiger partial charge in [0, 0.05) is 37.7 Å². The van der Waals surface area contributed by atoms with E-state index in [1.165, 1.54) is 25.0 Å². The van der Waals surface area contributed by atoms with E-state index in [9.17, 15) is 14.9 Å². The number of nitro benzene ring substituents is 1. The topological polar surface area (TPSA) is 84.3 Å². The normalized spacial score (nSPS) is 14.1. The van der Waals surface area contributed by atoms with E-state index in [2.05, 4.69) is 10.6 Å². The standard InChI is InChI=1S/C13H17N3O3/c17-13(7-8-14-11-3-4-11)15-9-10-1-5-12(6-2-10)16(18)19/h1-2,5-6,11,14H,3-4,7-9H2,(H,15,17). The molecule has 1 aliphatic rings. The van der Waals surface area contributed by atoms with Crippen molar-refractivity contribution in [2.45, 2.75) is 31.8 Å². The highest BCUT2D eigenvalue weighted by atomic mass is 16.6. The number of nitrogens with one attached hydrogen (secondary N) is 2. The summed E-state index contributed by atoms with van der Waals surface area (Å²) in [6.45, 7) is 1.11. The van der Waals surface area contributed by atoms with Gasteiger partial charge in [-0.25, -0.2) is 0 Å². The molecule has 0 unspecified atom stereocenters. The van der Waals surface area contributed by atoms with Crippen molar-refractivity contribution in [2.24, 2.45) is 0 Å². The van der Waals surface area contributed by atoms with Crippen molar-refractivity contribution < 1.29 is 9.72 Å². The number of amides is 1. The van der Waals surface area contributed by atoms with E-state index in [0.29, 0.717) is 25.6 Å². The van der Waals surface area contributed by atoms with Crippen LogP contribution in [0, 0.1) is 10.1 Å². The molecular weight excluding hydrogens is 246 g/mol. The van der Waals surface area contributed by atoms with Crippen molar-refractivity contribution in [1.29, 1.82) is 0 Å². The summed E-state index contributed by atoms with van der Waals surface area (Å²) < 4.78 is 0. The minimum absolute atomic E-state index is 0.00787. The molecule has 0 bridgehead atoms. The Morgan fingerprint density at radius 3 is 2.58 bits per heavy atom. The number of benzene rings is 1. The van der Waals surface area contributed by atoms with E-state index in [-0.39, 0.29) is 11.6 Å². The predicted octanol–water partition coefficient (Wildman–Crippen LogP) is 1.35. The highest BCUT2D eigenvalue weighted by Crippen LogP contribution is 2.18. The molecule has 1 fully saturated rings. The maximum Gasteiger partial charge on any atom is 0.269 e. The molecule has 0 atom stereocenters. The fourth-order valence-corrected chi connectivity index (χ4v) is 1.70. The molecule has 1 saturated carbocycles. The van der Waals surface area contributed by atoms with Crippen LogP contribution in [-0.4, -0.2) is 23.4 Å². The number of hydrogen-bond acceptors (Lipinski definition) is 4. The van der Waals surface area contributed by atoms with Gasteiger partial charge in [0.15, 0.2) is 0 Å². The fourth-order valence-electron chi connectivity index (χ4n) is 1.70. The molecule has 1 aromatic rings. The summed E-state index contributed by atoms with van der Waals surface area (Å²) >= 11 is 0. The first-order valence-corrected chi connectivity index (χ1v) is 6.38. The molecule has 1 aromatic carbocycles. The van der Waals surface area contributed by atoms with Crippen molar-refractivity contribution in [3.8, 4) is 0 Å². The van der Waals surface area contributed by atoms with Crippen LogP contribution in [0.5, 0.6) is 0 Å². The van der Waals surface area contributed by atoms with Crippen molar-refractivity contribution in [3.05, 3.63) is 39.9 Å². The highest BCUT2D eigenvalue weighted by molar-refractivity contribution is 5.76. The third-order valence-corrected chi connectivity index (χ3v) is 3.00. The van der Waals surface area contributed by atoms with Gasteiger partial charge >= 0.3 is 0 Å². The van der Waals surface area contributed by atoms with Gasteiger partial charge in [-0.15, -0.1) is 0 Å². The van der Waals surface area contributed by atoms with Gasteiger partial charge in [0.2, 0.25) is 5.91 Å². The molecule has 0 heterocycles. The fraction of sp³-hybridized carbons (Fsp3) is 0.462. The van der Waals surface area contributed by atoms with E-state index in [0.717, 1.165) is 5.56 Å². The van der Waals surface area contributed by atoms with Crippen LogP contribution in [0.25, 0.3) is 0 Å². The highest BCUT2D eigenvalue weighted by Gasteiger charge is 2.19. The molecule has 0 aromatic heterocycles. The Balaban J connectivity index is 1.68. The monoisotopic (exact) mass is 263 g/mol. The zero-order valence-corrected chi connectivity index (χ0v) is 10.6. The maximum absolute atomic E-state index is 11.5. The van der Waals surface area contributed by atoms with Crippen molar-refractivity contribution >= 4 is 11.6 Å². The summed E-state index contributed by atoms with van der Waals surface area (Å²) in [5.74, 6) is -0.00787. The first kappa shape index (κ1) is 13.5. The smallest absolute Gasteiger partial charge is 0.269 e. The Labute approximate surface area is 111 Å². The van der Waals surface area contributed by atoms with Gasteiger partial charge < -0.3 is 10.6 Å². The summed E-state index contributed by atoms with van der Waals surface area (Å²) in [5, 5.41) is 16.5. The molecule has 6 nitrogen and oxygen atoms in total. The quantitative estimate of drug-likeness (QED) is 0.574. The second kappa shape index (κ2) is 6.29. The minimum atomic E-state index is -0.439. The van der Waals surface area contributed by atoms with Gasteiger partial charge in [-0.1, -0.05) is 12.1 Å². The summed E-state index contributed by atoms with van der Waals surface area (Å²) in [6, 6.07) is 6.80. The zero-order chi connectivity index (χ0) is 13.7. The van der Waals surface area contributed by atoms with Crippen molar-refractivity contribution in [3.63, 3.8) is 0 Å². The molecule has 0 spiro atoms. The van der Waals surface area contributed by atoms with Crippen molar-refractivity contribution in [2.75, 3.05) is 6.54 Å². The van der Waals surface area contributed by atoms with Crippen LogP contribution in [0.3, 0.4) is 0 Å². The molecule has 102 valence electrons. The third-order valence-electron chi connectivity index (χ3n) is 3.00. The lowest BCUT2D eigenvalue weighted by molar-refractivity contribution is -0.384. The number of hydrogen-bond donors (Lipinski definition) is 2. The van der Waals surface area contributed by atoms with Gasteiger partial charge in [0.05, 0.1) is 4.92 Å². The van der Waals surface area contributed by atoms with Crippen LogP contribution in [0.2, 0.25) is 0 Å². The number of non-ortho nitro benzene ring substituents is 1. The summed E-state index contributed by atoms with van der Waals surface area (Å²) in [4.78, 5) is 21.6. The second-order valence-corrected chi connectivity index (χ2v) is 4.68. The van der Waals surface area contributed by atoms with E-state index in [1.807, 2.05) is 0 Å². The lowest BCUT2D eigenvalue weighted by Crippen LogP contribution is -2.28. The largest absolute Gasteiger partial charge is 0.352 e. The molecule has 19 heavy (non-hydrogen) atoms. The molecule has 0 radical (unpaired) electrons. The number of nitro groups is 1. The number of rotatable bonds is 7. The maximum atomic E-state index is 11.5.